The maximum Gasteiger partial charge on any atom is 0.306 e. The lowest BCUT2D eigenvalue weighted by Gasteiger charge is -2.13. The normalized spacial score (nSPS) is 10.5. The quantitative estimate of drug-likeness (QED) is 0.328. The average Bonchev–Trinajstić information content (AvgIpc) is 2.52. The second-order valence-electron chi connectivity index (χ2n) is 4.91. The standard InChI is InChI=1S/C17H15I3O4/c1-2-23-16(22)6-3-10-7-13(19)17(14(20)8-10)24-11-4-5-15(21)12(18)9-11/h4-5,7-9,21H,2-3,6H2,1H3. The number of phenols is 1. The number of hydrogen-bond acceptors (Lipinski definition) is 4. The highest BCUT2D eigenvalue weighted by Crippen LogP contribution is 2.34. The fourth-order valence-corrected chi connectivity index (χ4v) is 4.61. The molecule has 7 heteroatoms. The Balaban J connectivity index is 2.14. The average molecular weight is 664 g/mol. The molecular weight excluding hydrogens is 649 g/mol. The van der Waals surface area contributed by atoms with E-state index in [1.165, 1.54) is 0 Å². The summed E-state index contributed by atoms with van der Waals surface area (Å²) in [5, 5.41) is 9.59. The molecule has 0 aromatic heterocycles. The maximum atomic E-state index is 11.5. The molecule has 0 spiro atoms. The van der Waals surface area contributed by atoms with Crippen LogP contribution in [0.2, 0.25) is 0 Å². The predicted molar refractivity (Wildman–Crippen MR) is 118 cm³/mol. The van der Waals surface area contributed by atoms with E-state index < -0.39 is 0 Å². The molecule has 24 heavy (non-hydrogen) atoms. The van der Waals surface area contributed by atoms with Gasteiger partial charge in [-0.15, -0.1) is 0 Å². The van der Waals surface area contributed by atoms with Gasteiger partial charge in [-0.05, 0) is 117 Å². The van der Waals surface area contributed by atoms with Gasteiger partial charge in [0.25, 0.3) is 0 Å². The third-order valence-electron chi connectivity index (χ3n) is 3.12. The zero-order valence-corrected chi connectivity index (χ0v) is 19.3. The van der Waals surface area contributed by atoms with Crippen molar-refractivity contribution in [3.05, 3.63) is 46.6 Å². The van der Waals surface area contributed by atoms with Crippen molar-refractivity contribution in [2.75, 3.05) is 6.61 Å². The second-order valence-corrected chi connectivity index (χ2v) is 8.40. The van der Waals surface area contributed by atoms with Gasteiger partial charge in [0.2, 0.25) is 0 Å². The molecule has 0 amide bonds. The summed E-state index contributed by atoms with van der Waals surface area (Å²) in [5.74, 6) is 1.51. The van der Waals surface area contributed by atoms with Gasteiger partial charge in [-0.2, -0.15) is 0 Å². The lowest BCUT2D eigenvalue weighted by Crippen LogP contribution is -2.05. The van der Waals surface area contributed by atoms with Crippen molar-refractivity contribution in [1.29, 1.82) is 0 Å². The number of phenolic OH excluding ortho intramolecular Hbond substituents is 1. The molecule has 0 aliphatic heterocycles. The Morgan fingerprint density at radius 2 is 1.75 bits per heavy atom. The molecule has 0 atom stereocenters. The van der Waals surface area contributed by atoms with Gasteiger partial charge in [0, 0.05) is 6.42 Å². The van der Waals surface area contributed by atoms with Crippen molar-refractivity contribution < 1.29 is 19.4 Å². The number of esters is 1. The highest BCUT2D eigenvalue weighted by molar-refractivity contribution is 14.1. The Kier molecular flexibility index (Phi) is 7.85. The van der Waals surface area contributed by atoms with Crippen molar-refractivity contribution in [3.8, 4) is 17.2 Å². The van der Waals surface area contributed by atoms with Crippen LogP contribution in [0.1, 0.15) is 18.9 Å². The zero-order chi connectivity index (χ0) is 17.7. The molecule has 4 nitrogen and oxygen atoms in total. The third kappa shape index (κ3) is 5.61. The van der Waals surface area contributed by atoms with Crippen LogP contribution >= 0.6 is 67.8 Å². The molecule has 0 heterocycles. The van der Waals surface area contributed by atoms with Gasteiger partial charge in [-0.3, -0.25) is 4.79 Å². The van der Waals surface area contributed by atoms with Crippen molar-refractivity contribution in [2.45, 2.75) is 19.8 Å². The largest absolute Gasteiger partial charge is 0.507 e. The van der Waals surface area contributed by atoms with Crippen LogP contribution < -0.4 is 4.74 Å². The van der Waals surface area contributed by atoms with E-state index in [0.29, 0.717) is 25.2 Å². The van der Waals surface area contributed by atoms with Crippen LogP contribution in [-0.4, -0.2) is 17.7 Å². The molecule has 0 unspecified atom stereocenters. The molecule has 0 aliphatic carbocycles. The number of ether oxygens (including phenoxy) is 2. The van der Waals surface area contributed by atoms with Gasteiger partial charge >= 0.3 is 5.97 Å². The fourth-order valence-electron chi connectivity index (χ4n) is 2.00. The highest BCUT2D eigenvalue weighted by atomic mass is 127. The Bertz CT molecular complexity index is 724. The molecule has 2 aromatic rings. The highest BCUT2D eigenvalue weighted by Gasteiger charge is 2.12. The summed E-state index contributed by atoms with van der Waals surface area (Å²) >= 11 is 6.52. The summed E-state index contributed by atoms with van der Waals surface area (Å²) in [7, 11) is 0. The zero-order valence-electron chi connectivity index (χ0n) is 12.8. The van der Waals surface area contributed by atoms with Crippen LogP contribution in [-0.2, 0) is 16.0 Å². The number of hydrogen-bond donors (Lipinski definition) is 1. The van der Waals surface area contributed by atoms with E-state index in [2.05, 4.69) is 67.8 Å². The van der Waals surface area contributed by atoms with Crippen LogP contribution in [0.25, 0.3) is 0 Å². The number of aryl methyl sites for hydroxylation is 1. The van der Waals surface area contributed by atoms with Gasteiger partial charge in [-0.1, -0.05) is 0 Å². The second kappa shape index (κ2) is 9.41. The van der Waals surface area contributed by atoms with Crippen LogP contribution in [0.3, 0.4) is 0 Å². The minimum Gasteiger partial charge on any atom is -0.507 e. The SMILES string of the molecule is CCOC(=O)CCc1cc(I)c(Oc2ccc(O)c(I)c2)c(I)c1. The Morgan fingerprint density at radius 3 is 2.33 bits per heavy atom. The molecule has 128 valence electrons. The van der Waals surface area contributed by atoms with Gasteiger partial charge in [0.15, 0.2) is 5.75 Å². The number of rotatable bonds is 6. The fraction of sp³-hybridized carbons (Fsp3) is 0.235. The van der Waals surface area contributed by atoms with E-state index >= 15 is 0 Å². The number of halogens is 3. The van der Waals surface area contributed by atoms with Crippen LogP contribution in [0.15, 0.2) is 30.3 Å². The Morgan fingerprint density at radius 1 is 1.08 bits per heavy atom. The maximum absolute atomic E-state index is 11.5. The van der Waals surface area contributed by atoms with Crippen molar-refractivity contribution in [3.63, 3.8) is 0 Å². The number of aromatic hydroxyl groups is 1. The van der Waals surface area contributed by atoms with E-state index in [1.807, 2.05) is 12.1 Å². The van der Waals surface area contributed by atoms with Gasteiger partial charge in [0.1, 0.15) is 11.5 Å². The molecule has 2 aromatic carbocycles. The lowest BCUT2D eigenvalue weighted by molar-refractivity contribution is -0.143. The molecular formula is C17H15I3O4. The van der Waals surface area contributed by atoms with E-state index in [4.69, 9.17) is 9.47 Å². The summed E-state index contributed by atoms with van der Waals surface area (Å²) in [6.45, 7) is 2.21. The number of carbonyl (C=O) groups is 1. The predicted octanol–water partition coefficient (Wildman–Crippen LogP) is 5.49. The molecule has 0 fully saturated rings. The monoisotopic (exact) mass is 664 g/mol. The van der Waals surface area contributed by atoms with E-state index in [0.717, 1.165) is 22.0 Å². The molecule has 0 saturated carbocycles. The van der Waals surface area contributed by atoms with Crippen molar-refractivity contribution >= 4 is 73.7 Å². The molecule has 2 rings (SSSR count). The van der Waals surface area contributed by atoms with Crippen LogP contribution in [0.4, 0.5) is 0 Å². The van der Waals surface area contributed by atoms with E-state index in [1.54, 1.807) is 25.1 Å². The van der Waals surface area contributed by atoms with Crippen molar-refractivity contribution in [1.82, 2.24) is 0 Å². The van der Waals surface area contributed by atoms with Gasteiger partial charge < -0.3 is 14.6 Å². The third-order valence-corrected chi connectivity index (χ3v) is 5.59. The first kappa shape index (κ1) is 20.0. The summed E-state index contributed by atoms with van der Waals surface area (Å²) in [6, 6.07) is 9.17. The topological polar surface area (TPSA) is 55.8 Å². The smallest absolute Gasteiger partial charge is 0.306 e. The Labute approximate surface area is 181 Å². The van der Waals surface area contributed by atoms with Crippen molar-refractivity contribution in [2.24, 2.45) is 0 Å². The summed E-state index contributed by atoms with van der Waals surface area (Å²) < 4.78 is 13.6. The van der Waals surface area contributed by atoms with Crippen LogP contribution in [0.5, 0.6) is 17.2 Å². The summed E-state index contributed by atoms with van der Waals surface area (Å²) in [5.41, 5.74) is 1.07. The lowest BCUT2D eigenvalue weighted by atomic mass is 10.1. The minimum absolute atomic E-state index is 0.179. The number of benzene rings is 2. The first-order valence-corrected chi connectivity index (χ1v) is 10.4. The summed E-state index contributed by atoms with van der Waals surface area (Å²) in [6.07, 6.45) is 1.01. The summed E-state index contributed by atoms with van der Waals surface area (Å²) in [4.78, 5) is 11.5. The van der Waals surface area contributed by atoms with Gasteiger partial charge in [-0.25, -0.2) is 0 Å². The van der Waals surface area contributed by atoms with E-state index in [-0.39, 0.29) is 11.7 Å². The molecule has 1 N–H and O–H groups in total. The molecule has 0 saturated heterocycles. The van der Waals surface area contributed by atoms with Gasteiger partial charge in [0.05, 0.1) is 17.3 Å². The molecule has 0 aliphatic rings. The first-order valence-electron chi connectivity index (χ1n) is 7.20. The minimum atomic E-state index is -0.179. The molecule has 0 bridgehead atoms. The first-order chi connectivity index (χ1) is 11.4. The van der Waals surface area contributed by atoms with Crippen LogP contribution in [0, 0.1) is 10.7 Å². The molecule has 0 radical (unpaired) electrons. The Hall–Kier alpha value is -0.300. The van der Waals surface area contributed by atoms with E-state index in [9.17, 15) is 9.90 Å². The number of carbonyl (C=O) groups excluding carboxylic acids is 1.